The Hall–Kier alpha value is -3.15. The van der Waals surface area contributed by atoms with Crippen LogP contribution in [0.4, 0.5) is 8.78 Å². The van der Waals surface area contributed by atoms with Crippen LogP contribution in [-0.4, -0.2) is 42.2 Å². The van der Waals surface area contributed by atoms with Crippen LogP contribution < -0.4 is 5.76 Å². The molecular weight excluding hydrogens is 504 g/mol. The molecule has 2 fully saturated rings. The maximum Gasteiger partial charge on any atom is 0.434 e. The number of aromatic nitrogens is 2. The SMILES string of the molecule is C=C[C@H]1CC[C@H](c2ccccc2)S(=O)(=O)N1Cc1cc(F)c(C2(c3n[nH]c(=O)o3)CCOCC2)cc1F. The lowest BCUT2D eigenvalue weighted by Gasteiger charge is -2.38. The number of H-pyrrole nitrogens is 1. The zero-order valence-electron chi connectivity index (χ0n) is 20.0. The second kappa shape index (κ2) is 9.96. The maximum atomic E-state index is 15.7. The highest BCUT2D eigenvalue weighted by molar-refractivity contribution is 7.89. The summed E-state index contributed by atoms with van der Waals surface area (Å²) >= 11 is 0. The van der Waals surface area contributed by atoms with Crippen molar-refractivity contribution in [2.24, 2.45) is 0 Å². The molecule has 2 aliphatic heterocycles. The van der Waals surface area contributed by atoms with Gasteiger partial charge in [0.2, 0.25) is 15.9 Å². The smallest absolute Gasteiger partial charge is 0.391 e. The monoisotopic (exact) mass is 531 g/mol. The lowest BCUT2D eigenvalue weighted by molar-refractivity contribution is 0.0527. The van der Waals surface area contributed by atoms with E-state index in [1.807, 2.05) is 6.07 Å². The summed E-state index contributed by atoms with van der Waals surface area (Å²) < 4.78 is 70.3. The second-order valence-electron chi connectivity index (χ2n) is 9.41. The highest BCUT2D eigenvalue weighted by atomic mass is 32.2. The average molecular weight is 532 g/mol. The Balaban J connectivity index is 1.52. The minimum Gasteiger partial charge on any atom is -0.391 e. The van der Waals surface area contributed by atoms with Crippen molar-refractivity contribution >= 4 is 10.0 Å². The number of aromatic amines is 1. The van der Waals surface area contributed by atoms with Gasteiger partial charge in [-0.25, -0.2) is 27.1 Å². The molecule has 1 N–H and O–H groups in total. The fourth-order valence-electron chi connectivity index (χ4n) is 5.41. The molecule has 3 heterocycles. The van der Waals surface area contributed by atoms with Gasteiger partial charge in [0.25, 0.3) is 0 Å². The van der Waals surface area contributed by atoms with E-state index < -0.39 is 44.1 Å². The maximum absolute atomic E-state index is 15.7. The molecule has 0 unspecified atom stereocenters. The molecule has 3 aromatic rings. The molecule has 0 aliphatic carbocycles. The van der Waals surface area contributed by atoms with Crippen molar-refractivity contribution in [1.82, 2.24) is 14.5 Å². The first-order valence-electron chi connectivity index (χ1n) is 12.1. The molecule has 0 radical (unpaired) electrons. The number of hydrogen-bond acceptors (Lipinski definition) is 6. The minimum atomic E-state index is -3.90. The molecule has 0 amide bonds. The summed E-state index contributed by atoms with van der Waals surface area (Å²) in [5.74, 6) is -2.34. The van der Waals surface area contributed by atoms with Crippen LogP contribution in [0.5, 0.6) is 0 Å². The Bertz CT molecular complexity index is 1450. The number of benzene rings is 2. The molecular formula is C26H27F2N3O5S. The van der Waals surface area contributed by atoms with Crippen molar-refractivity contribution in [3.63, 3.8) is 0 Å². The Morgan fingerprint density at radius 2 is 1.86 bits per heavy atom. The van der Waals surface area contributed by atoms with Gasteiger partial charge in [-0.1, -0.05) is 36.4 Å². The van der Waals surface area contributed by atoms with Crippen molar-refractivity contribution in [1.29, 1.82) is 0 Å². The molecule has 37 heavy (non-hydrogen) atoms. The first kappa shape index (κ1) is 25.5. The van der Waals surface area contributed by atoms with Gasteiger partial charge in [-0.05, 0) is 43.4 Å². The molecule has 2 aliphatic rings. The van der Waals surface area contributed by atoms with Gasteiger partial charge >= 0.3 is 5.76 Å². The van der Waals surface area contributed by atoms with Gasteiger partial charge in [0.15, 0.2) is 0 Å². The van der Waals surface area contributed by atoms with E-state index >= 15 is 8.78 Å². The Morgan fingerprint density at radius 1 is 1.14 bits per heavy atom. The van der Waals surface area contributed by atoms with Crippen molar-refractivity contribution in [2.75, 3.05) is 13.2 Å². The molecule has 0 bridgehead atoms. The molecule has 8 nitrogen and oxygen atoms in total. The van der Waals surface area contributed by atoms with Crippen LogP contribution in [0.1, 0.15) is 53.5 Å². The quantitative estimate of drug-likeness (QED) is 0.483. The third kappa shape index (κ3) is 4.55. The Labute approximate surface area is 213 Å². The van der Waals surface area contributed by atoms with Crippen LogP contribution in [0, 0.1) is 11.6 Å². The summed E-state index contributed by atoms with van der Waals surface area (Å²) in [6, 6.07) is 10.4. The molecule has 5 rings (SSSR count). The first-order chi connectivity index (χ1) is 17.8. The van der Waals surface area contributed by atoms with E-state index in [-0.39, 0.29) is 49.6 Å². The fraction of sp³-hybridized carbons (Fsp3) is 0.385. The summed E-state index contributed by atoms with van der Waals surface area (Å²) in [5, 5.41) is 5.30. The normalized spacial score (nSPS) is 23.5. The van der Waals surface area contributed by atoms with Crippen LogP contribution >= 0.6 is 0 Å². The fourth-order valence-corrected chi connectivity index (χ4v) is 7.56. The van der Waals surface area contributed by atoms with Gasteiger partial charge < -0.3 is 9.15 Å². The molecule has 2 saturated heterocycles. The second-order valence-corrected chi connectivity index (χ2v) is 11.5. The number of sulfonamides is 1. The topological polar surface area (TPSA) is 106 Å². The molecule has 1 aromatic heterocycles. The Kier molecular flexibility index (Phi) is 6.86. The van der Waals surface area contributed by atoms with E-state index in [4.69, 9.17) is 9.15 Å². The lowest BCUT2D eigenvalue weighted by atomic mass is 9.73. The summed E-state index contributed by atoms with van der Waals surface area (Å²) in [5.41, 5.74) is -0.661. The lowest BCUT2D eigenvalue weighted by Crippen LogP contribution is -2.45. The average Bonchev–Trinajstić information content (AvgIpc) is 3.34. The van der Waals surface area contributed by atoms with Crippen molar-refractivity contribution in [2.45, 2.75) is 48.9 Å². The predicted molar refractivity (Wildman–Crippen MR) is 131 cm³/mol. The zero-order chi connectivity index (χ0) is 26.2. The number of hydrogen-bond donors (Lipinski definition) is 1. The van der Waals surface area contributed by atoms with Crippen LogP contribution in [-0.2, 0) is 26.7 Å². The summed E-state index contributed by atoms with van der Waals surface area (Å²) in [7, 11) is -3.90. The van der Waals surface area contributed by atoms with Gasteiger partial charge in [0.1, 0.15) is 16.9 Å². The molecule has 2 atom stereocenters. The number of halogens is 2. The first-order valence-corrected chi connectivity index (χ1v) is 13.6. The zero-order valence-corrected chi connectivity index (χ0v) is 20.8. The highest BCUT2D eigenvalue weighted by Crippen LogP contribution is 2.43. The van der Waals surface area contributed by atoms with E-state index in [1.54, 1.807) is 24.3 Å². The van der Waals surface area contributed by atoms with E-state index in [0.717, 1.165) is 12.1 Å². The van der Waals surface area contributed by atoms with Gasteiger partial charge in [0.05, 0.1) is 5.41 Å². The van der Waals surface area contributed by atoms with E-state index in [9.17, 15) is 13.2 Å². The predicted octanol–water partition coefficient (Wildman–Crippen LogP) is 3.96. The molecule has 196 valence electrons. The van der Waals surface area contributed by atoms with Gasteiger partial charge in [-0.2, -0.15) is 4.31 Å². The third-order valence-corrected chi connectivity index (χ3v) is 9.68. The molecule has 11 heteroatoms. The van der Waals surface area contributed by atoms with E-state index in [0.29, 0.717) is 18.4 Å². The summed E-state index contributed by atoms with van der Waals surface area (Å²) in [6.07, 6.45) is 2.89. The summed E-state index contributed by atoms with van der Waals surface area (Å²) in [4.78, 5) is 11.6. The van der Waals surface area contributed by atoms with Gasteiger partial charge in [-0.15, -0.1) is 11.7 Å². The molecule has 0 saturated carbocycles. The Morgan fingerprint density at radius 3 is 2.51 bits per heavy atom. The van der Waals surface area contributed by atoms with E-state index in [1.165, 1.54) is 10.4 Å². The number of nitrogens with one attached hydrogen (secondary N) is 1. The van der Waals surface area contributed by atoms with Crippen LogP contribution in [0.25, 0.3) is 0 Å². The highest BCUT2D eigenvalue weighted by Gasteiger charge is 2.45. The van der Waals surface area contributed by atoms with Gasteiger partial charge in [0, 0.05) is 36.9 Å². The summed E-state index contributed by atoms with van der Waals surface area (Å²) in [6.45, 7) is 3.91. The third-order valence-electron chi connectivity index (χ3n) is 7.40. The van der Waals surface area contributed by atoms with Crippen molar-refractivity contribution < 1.29 is 26.4 Å². The van der Waals surface area contributed by atoms with Crippen molar-refractivity contribution in [3.8, 4) is 0 Å². The van der Waals surface area contributed by atoms with Gasteiger partial charge in [-0.3, -0.25) is 0 Å². The molecule has 2 aromatic carbocycles. The largest absolute Gasteiger partial charge is 0.434 e. The number of nitrogens with zero attached hydrogens (tertiary/aromatic N) is 2. The van der Waals surface area contributed by atoms with E-state index in [2.05, 4.69) is 16.8 Å². The standard InChI is InChI=1S/C26H27F2N3O5S/c1-2-19-8-9-23(17-6-4-3-5-7-17)37(33,34)31(19)16-18-14-22(28)20(15-21(18)27)26(10-12-35-13-11-26)24-29-30-25(32)36-24/h2-7,14-15,19,23H,1,8-13,16H2,(H,30,32)/t19-,23+/m0/s1. The minimum absolute atomic E-state index is 0.0174. The van der Waals surface area contributed by atoms with Crippen LogP contribution in [0.2, 0.25) is 0 Å². The number of rotatable bonds is 6. The van der Waals surface area contributed by atoms with Crippen LogP contribution in [0.15, 0.2) is 64.3 Å². The molecule has 0 spiro atoms. The van der Waals surface area contributed by atoms with Crippen molar-refractivity contribution in [3.05, 3.63) is 99.9 Å². The number of ether oxygens (including phenoxy) is 1. The van der Waals surface area contributed by atoms with Crippen LogP contribution in [0.3, 0.4) is 0 Å².